The van der Waals surface area contributed by atoms with Gasteiger partial charge < -0.3 is 0 Å². The van der Waals surface area contributed by atoms with Crippen LogP contribution >= 0.6 is 0 Å². The second-order valence-corrected chi connectivity index (χ2v) is 45.4. The van der Waals surface area contributed by atoms with E-state index in [1.165, 1.54) is 6.92 Å². The van der Waals surface area contributed by atoms with Crippen molar-refractivity contribution in [3.63, 3.8) is 0 Å². The predicted molar refractivity (Wildman–Crippen MR) is 502 cm³/mol. The first-order valence-corrected chi connectivity index (χ1v) is 42.2. The largest absolute Gasteiger partial charge is 0.299 e. The quantitative estimate of drug-likeness (QED) is 0.0598. The minimum atomic E-state index is -2.28. The molecule has 0 saturated heterocycles. The summed E-state index contributed by atoms with van der Waals surface area (Å²) in [5.41, 5.74) is -0.104. The van der Waals surface area contributed by atoms with Gasteiger partial charge in [0.1, 0.15) is 34.7 Å². The van der Waals surface area contributed by atoms with E-state index in [-0.39, 0.29) is 133 Å². The highest BCUT2D eigenvalue weighted by Crippen LogP contribution is 2.39. The molecule has 0 radical (unpaired) electrons. The van der Waals surface area contributed by atoms with Gasteiger partial charge in [0, 0.05) is 80.3 Å². The third-order valence-corrected chi connectivity index (χ3v) is 18.0. The fraction of sp³-hybridized carbons (Fsp3) is 0.618. The summed E-state index contributed by atoms with van der Waals surface area (Å²) in [5.74, 6) is -5.28. The second kappa shape index (κ2) is 45.7. The van der Waals surface area contributed by atoms with Crippen molar-refractivity contribution in [2.45, 2.75) is 340 Å². The topological polar surface area (TPSA) is 102 Å². The average molecular weight is 1610 g/mol. The smallest absolute Gasteiger partial charge is 0.141 e. The van der Waals surface area contributed by atoms with E-state index in [1.54, 1.807) is 84.9 Å². The first-order valence-electron chi connectivity index (χ1n) is 50.4. The maximum atomic E-state index is 13.1. The lowest BCUT2D eigenvalue weighted by Crippen LogP contribution is -2.32. The minimum Gasteiger partial charge on any atom is -0.299 e. The first kappa shape index (κ1) is 81.7. The summed E-state index contributed by atoms with van der Waals surface area (Å²) in [5, 5.41) is 0. The summed E-state index contributed by atoms with van der Waals surface area (Å²) < 4.78 is 134. The van der Waals surface area contributed by atoms with E-state index in [0.717, 1.165) is 29.5 Å². The van der Waals surface area contributed by atoms with Gasteiger partial charge in [0.05, 0.1) is 9.60 Å². The van der Waals surface area contributed by atoms with Gasteiger partial charge in [-0.3, -0.25) is 28.8 Å². The fourth-order valence-electron chi connectivity index (χ4n) is 12.9. The van der Waals surface area contributed by atoms with Crippen molar-refractivity contribution in [2.75, 3.05) is 0 Å². The van der Waals surface area contributed by atoms with Gasteiger partial charge in [0.15, 0.2) is 0 Å². The monoisotopic (exact) mass is 1610 g/mol. The number of ketones is 6. The molecule has 648 valence electrons. The minimum absolute atomic E-state index is 0.0103. The molecule has 0 aromatic heterocycles. The maximum Gasteiger partial charge on any atom is 0.141 e. The molecule has 0 unspecified atom stereocenters. The van der Waals surface area contributed by atoms with Gasteiger partial charge in [0.25, 0.3) is 0 Å². The summed E-state index contributed by atoms with van der Waals surface area (Å²) in [6.07, 6.45) is -2.80. The molecular formula is C110H172O6. The van der Waals surface area contributed by atoms with E-state index in [1.807, 2.05) is 236 Å². The van der Waals surface area contributed by atoms with Crippen LogP contribution in [0, 0.1) is 114 Å². The molecular weight excluding hydrogens is 1420 g/mol. The molecule has 0 spiro atoms. The highest BCUT2D eigenvalue weighted by atomic mass is 16.1. The Morgan fingerprint density at radius 1 is 0.267 bits per heavy atom. The molecule has 6 aromatic rings. The Kier molecular flexibility index (Phi) is 32.2. The van der Waals surface area contributed by atoms with Crippen LogP contribution in [0.25, 0.3) is 0 Å². The highest BCUT2D eigenvalue weighted by molar-refractivity contribution is 5.89. The van der Waals surface area contributed by atoms with E-state index >= 15 is 0 Å². The molecule has 0 bridgehead atoms. The molecule has 0 saturated carbocycles. The standard InChI is InChI=1S/2C19H30O.4C18H28O/c2*1-14-9-8-10-15(11-14)12-16(13-18(2,3)4)17(20)19(5,6)7;4*1-17(2,3)13-15(16(19)18(4,5)6)12-14-10-8-7-9-11-14/h2*8-11,16H,12-13H2,1-7H3;4*7-11,15H,12-13H2,1-6H3/t2*16-;4*15-/m111111/s1/i8D,9D,10D,11D,12D2;8D,10D,11D;12D2,15D;12D,15D;2*12D/t3m;2*12-,15+;12-,15-/m111001. The molecule has 116 heavy (non-hydrogen) atoms. The zero-order chi connectivity index (χ0) is 104. The van der Waals surface area contributed by atoms with Crippen LogP contribution in [0.4, 0.5) is 0 Å². The molecule has 6 nitrogen and oxygen atoms in total. The van der Waals surface area contributed by atoms with Crippen molar-refractivity contribution >= 4 is 34.7 Å². The van der Waals surface area contributed by atoms with Gasteiger partial charge in [-0.2, -0.15) is 0 Å². The summed E-state index contributed by atoms with van der Waals surface area (Å²) in [6, 6.07) is 38.0. The lowest BCUT2D eigenvalue weighted by Gasteiger charge is -2.30. The number of Topliss-reactive ketones (excluding diaryl/α,β-unsaturated/α-hetero) is 6. The SMILES string of the molecule is [2H]C([2H])(c1ccccc1)[C@]([2H])(CC(C)(C)C)C(=O)C(C)(C)C.[2H][C@@H](c1ccccc1)[C@H](CC(C)(C)C)C(=O)C(C)(C)C.[2H][C@@H](c1ccccc1)[C@]([2H])(CC(C)(C)C)C(=O)C(C)(C)C.[2H][C@H](c1ccccc1)[C@H](CC(C)(C)C)C(=O)C(C)(C)C.[2H]c1c([2H])c(C)c([2H])c(C([2H])([2H])[C@H](CC(C)(C)C)C(=O)C(C)(C)C)c1[2H].[2H]c1cc(C)c([2H])c(C[C@H](CC(C)(C)C)C(=O)C(C)(C)C)c1[2H]. The van der Waals surface area contributed by atoms with Gasteiger partial charge in [-0.05, 0) is 157 Å². The molecule has 0 aliphatic heterocycles. The van der Waals surface area contributed by atoms with Gasteiger partial charge >= 0.3 is 0 Å². The first-order chi connectivity index (χ1) is 58.8. The Hall–Kier alpha value is -6.66. The maximum absolute atomic E-state index is 13.1. The number of aryl methyl sites for hydroxylation is 1. The van der Waals surface area contributed by atoms with Gasteiger partial charge in [0.2, 0.25) is 0 Å². The molecule has 0 aliphatic carbocycles. The predicted octanol–water partition coefficient (Wildman–Crippen LogP) is 30.0. The van der Waals surface area contributed by atoms with Gasteiger partial charge in [-0.1, -0.05) is 430 Å². The molecule has 0 amide bonds. The second-order valence-electron chi connectivity index (χ2n) is 45.4. The zero-order valence-corrected chi connectivity index (χ0v) is 80.1. The van der Waals surface area contributed by atoms with E-state index in [4.69, 9.17) is 21.9 Å². The molecule has 0 aliphatic rings. The Balaban J connectivity index is 0.000000794. The van der Waals surface area contributed by atoms with Crippen LogP contribution in [0.1, 0.15) is 354 Å². The molecule has 9 atom stereocenters. The van der Waals surface area contributed by atoms with Crippen molar-refractivity contribution < 1.29 is 50.7 Å². The number of rotatable bonds is 24. The van der Waals surface area contributed by atoms with E-state index in [0.29, 0.717) is 42.0 Å². The van der Waals surface area contributed by atoms with Crippen LogP contribution in [-0.2, 0) is 67.1 Å². The van der Waals surface area contributed by atoms with Crippen LogP contribution in [-0.4, -0.2) is 34.7 Å². The number of benzene rings is 6. The van der Waals surface area contributed by atoms with Crippen molar-refractivity contribution in [3.8, 4) is 0 Å². The molecule has 0 heterocycles. The number of carbonyl (C=O) groups excluding carboxylic acids is 6. The van der Waals surface area contributed by atoms with Crippen molar-refractivity contribution in [1.82, 2.24) is 0 Å². The average Bonchev–Trinajstić information content (AvgIpc) is 0.747. The lowest BCUT2D eigenvalue weighted by molar-refractivity contribution is -0.132. The summed E-state index contributed by atoms with van der Waals surface area (Å²) in [6.45, 7) is 73.4. The Morgan fingerprint density at radius 3 is 0.871 bits per heavy atom. The van der Waals surface area contributed by atoms with Crippen LogP contribution in [0.15, 0.2) is 170 Å². The molecule has 0 fully saturated rings. The van der Waals surface area contributed by atoms with Crippen LogP contribution in [0.3, 0.4) is 0 Å². The van der Waals surface area contributed by atoms with Crippen LogP contribution < -0.4 is 0 Å². The van der Waals surface area contributed by atoms with E-state index in [9.17, 15) is 28.8 Å². The Labute approximate surface area is 736 Å². The van der Waals surface area contributed by atoms with E-state index < -0.39 is 94.2 Å². The third kappa shape index (κ3) is 47.8. The highest BCUT2D eigenvalue weighted by Gasteiger charge is 2.38. The summed E-state index contributed by atoms with van der Waals surface area (Å²) in [4.78, 5) is 77.2. The third-order valence-electron chi connectivity index (χ3n) is 18.0. The normalized spacial score (nSPS) is 17.8. The Morgan fingerprint density at radius 2 is 0.534 bits per heavy atom. The molecule has 6 rings (SSSR count). The van der Waals surface area contributed by atoms with Gasteiger partial charge in [-0.25, -0.2) is 0 Å². The van der Waals surface area contributed by atoms with Crippen molar-refractivity contribution in [2.24, 2.45) is 100 Å². The zero-order valence-electron chi connectivity index (χ0n) is 96.1. The molecule has 0 N–H and O–H groups in total. The summed E-state index contributed by atoms with van der Waals surface area (Å²) in [7, 11) is 0. The van der Waals surface area contributed by atoms with E-state index in [2.05, 4.69) is 62.3 Å². The van der Waals surface area contributed by atoms with Crippen molar-refractivity contribution in [3.05, 3.63) is 214 Å². The number of hydrogen-bond donors (Lipinski definition) is 0. The Bertz CT molecular complexity index is 4580. The fourth-order valence-corrected chi connectivity index (χ4v) is 12.9. The molecule has 6 aromatic carbocycles. The number of carbonyl (C=O) groups is 6. The van der Waals surface area contributed by atoms with Gasteiger partial charge in [-0.15, -0.1) is 0 Å². The van der Waals surface area contributed by atoms with Crippen LogP contribution in [0.2, 0.25) is 0 Å². The van der Waals surface area contributed by atoms with Crippen LogP contribution in [0.5, 0.6) is 0 Å². The summed E-state index contributed by atoms with van der Waals surface area (Å²) >= 11 is 0. The lowest BCUT2D eigenvalue weighted by atomic mass is 9.73. The number of hydrogen-bond acceptors (Lipinski definition) is 6. The molecule has 6 heteroatoms. The van der Waals surface area contributed by atoms with Crippen molar-refractivity contribution in [1.29, 1.82) is 0 Å².